The van der Waals surface area contributed by atoms with Crippen LogP contribution in [0.1, 0.15) is 28.1 Å². The molecule has 0 fully saturated rings. The summed E-state index contributed by atoms with van der Waals surface area (Å²) in [6.07, 6.45) is 3.36. The Morgan fingerprint density at radius 2 is 1.05 bits per heavy atom. The lowest BCUT2D eigenvalue weighted by molar-refractivity contribution is 0.0600. The number of nitrogens with one attached hydrogen (secondary N) is 2. The number of carbonyl (C=O) groups excluding carboxylic acids is 1. The standard InChI is InChI=1S/C17H4.C9H8N2O2.C8H6N2O2.CH4/c1-3-5-7-9-11-13-15-17-16-14-12-10-8-6-4-2;1-13-9(12)6-2-3-7-5-10-11-8(7)4-6;11-8(12)5-1-2-6-4-9-10-7(6)3-5;/h1-2H2;2-5H,1H3,(H,10,11);1-4H,(H,9,10)(H,11,12);1H4. The van der Waals surface area contributed by atoms with Crippen molar-refractivity contribution < 1.29 is 19.4 Å². The van der Waals surface area contributed by atoms with E-state index in [0.717, 1.165) is 21.8 Å². The van der Waals surface area contributed by atoms with E-state index in [1.807, 2.05) is 6.07 Å². The lowest BCUT2D eigenvalue weighted by Gasteiger charge is -1.97. The Bertz CT molecular complexity index is 2140. The van der Waals surface area contributed by atoms with Gasteiger partial charge in [-0.25, -0.2) is 9.59 Å². The second-order valence-electron chi connectivity index (χ2n) is 7.12. The molecule has 0 saturated heterocycles. The highest BCUT2D eigenvalue weighted by molar-refractivity contribution is 5.94. The summed E-state index contributed by atoms with van der Waals surface area (Å²) in [6, 6.07) is 10.1. The molecule has 8 nitrogen and oxygen atoms in total. The first-order chi connectivity index (χ1) is 20.5. The fraction of sp³-hybridized carbons (Fsp3) is 0.0571. The van der Waals surface area contributed by atoms with Crippen LogP contribution in [0.5, 0.6) is 0 Å². The van der Waals surface area contributed by atoms with Crippen LogP contribution in [0.3, 0.4) is 0 Å². The number of carboxylic acids is 1. The van der Waals surface area contributed by atoms with Gasteiger partial charge in [0.1, 0.15) is 0 Å². The molecule has 43 heavy (non-hydrogen) atoms. The van der Waals surface area contributed by atoms with E-state index in [-0.39, 0.29) is 19.0 Å². The van der Waals surface area contributed by atoms with Crippen LogP contribution in [0.4, 0.5) is 0 Å². The number of carboxylic acid groups (broad SMARTS) is 1. The maximum absolute atomic E-state index is 11.1. The predicted octanol–water partition coefficient (Wildman–Crippen LogP) is 6.38. The number of ether oxygens (including phenoxy) is 1. The molecular formula is C35H22N4O4. The number of rotatable bonds is 2. The summed E-state index contributed by atoms with van der Waals surface area (Å²) in [5.74, 6) is -1.26. The second-order valence-corrected chi connectivity index (χ2v) is 7.12. The van der Waals surface area contributed by atoms with Gasteiger partial charge in [0.2, 0.25) is 0 Å². The summed E-state index contributed by atoms with van der Waals surface area (Å²) in [4.78, 5) is 21.7. The Kier molecular flexibility index (Phi) is 15.5. The van der Waals surface area contributed by atoms with Crippen LogP contribution < -0.4 is 0 Å². The van der Waals surface area contributed by atoms with Crippen LogP contribution in [0.25, 0.3) is 21.8 Å². The smallest absolute Gasteiger partial charge is 0.337 e. The Hall–Kier alpha value is -7.24. The molecule has 2 aromatic heterocycles. The minimum absolute atomic E-state index is 0. The van der Waals surface area contributed by atoms with Crippen LogP contribution >= 0.6 is 0 Å². The highest BCUT2D eigenvalue weighted by Gasteiger charge is 2.06. The lowest BCUT2D eigenvalue weighted by Crippen LogP contribution is -2.00. The zero-order valence-corrected chi connectivity index (χ0v) is 22.1. The van der Waals surface area contributed by atoms with E-state index in [1.165, 1.54) is 7.11 Å². The van der Waals surface area contributed by atoms with Crippen molar-refractivity contribution in [2.45, 2.75) is 7.43 Å². The molecule has 3 N–H and O–H groups in total. The van der Waals surface area contributed by atoms with Crippen molar-refractivity contribution in [1.82, 2.24) is 20.4 Å². The molecule has 2 aromatic carbocycles. The zero-order valence-electron chi connectivity index (χ0n) is 22.1. The molecule has 0 spiro atoms. The van der Waals surface area contributed by atoms with Crippen LogP contribution in [-0.2, 0) is 4.74 Å². The van der Waals surface area contributed by atoms with Gasteiger partial charge in [0, 0.05) is 10.8 Å². The van der Waals surface area contributed by atoms with Gasteiger partial charge in [-0.2, -0.15) is 10.2 Å². The van der Waals surface area contributed by atoms with Gasteiger partial charge in [-0.05, 0) is 112 Å². The molecular weight excluding hydrogens is 540 g/mol. The van der Waals surface area contributed by atoms with E-state index < -0.39 is 5.97 Å². The third-order valence-corrected chi connectivity index (χ3v) is 4.48. The number of hydrogen-bond acceptors (Lipinski definition) is 5. The third kappa shape index (κ3) is 12.4. The first-order valence-electron chi connectivity index (χ1n) is 11.5. The highest BCUT2D eigenvalue weighted by Crippen LogP contribution is 2.13. The predicted molar refractivity (Wildman–Crippen MR) is 161 cm³/mol. The summed E-state index contributed by atoms with van der Waals surface area (Å²) >= 11 is 0. The number of esters is 1. The van der Waals surface area contributed by atoms with Crippen LogP contribution in [-0.4, -0.2) is 44.5 Å². The van der Waals surface area contributed by atoms with E-state index in [2.05, 4.69) is 124 Å². The normalized spacial score (nSPS) is 7.47. The maximum atomic E-state index is 11.1. The van der Waals surface area contributed by atoms with E-state index in [1.54, 1.807) is 42.7 Å². The van der Waals surface area contributed by atoms with Gasteiger partial charge in [0.15, 0.2) is 0 Å². The fourth-order valence-corrected chi connectivity index (χ4v) is 2.68. The number of aromatic amines is 2. The summed E-state index contributed by atoms with van der Waals surface area (Å²) in [6.45, 7) is 6.58. The van der Waals surface area contributed by atoms with Crippen molar-refractivity contribution in [2.75, 3.05) is 7.11 Å². The van der Waals surface area contributed by atoms with Crippen LogP contribution in [0.15, 0.2) is 148 Å². The molecule has 0 unspecified atom stereocenters. The number of fused-ring (bicyclic) bond motifs is 2. The summed E-state index contributed by atoms with van der Waals surface area (Å²) in [5.41, 5.74) is 39.3. The third-order valence-electron chi connectivity index (χ3n) is 4.48. The monoisotopic (exact) mass is 562 g/mol. The average Bonchev–Trinajstić information content (AvgIpc) is 3.68. The Labute approximate surface area is 247 Å². The molecule has 8 heteroatoms. The van der Waals surface area contributed by atoms with Crippen LogP contribution in [0.2, 0.25) is 0 Å². The number of aromatic carboxylic acids is 1. The Morgan fingerprint density at radius 3 is 1.42 bits per heavy atom. The van der Waals surface area contributed by atoms with Gasteiger partial charge in [0.25, 0.3) is 0 Å². The molecule has 0 radical (unpaired) electrons. The van der Waals surface area contributed by atoms with Gasteiger partial charge in [0.05, 0.1) is 41.7 Å². The fourth-order valence-electron chi connectivity index (χ4n) is 2.68. The highest BCUT2D eigenvalue weighted by atomic mass is 16.5. The van der Waals surface area contributed by atoms with Crippen molar-refractivity contribution in [3.05, 3.63) is 159 Å². The first-order valence-corrected chi connectivity index (χ1v) is 11.5. The van der Waals surface area contributed by atoms with E-state index >= 15 is 0 Å². The van der Waals surface area contributed by atoms with Gasteiger partial charge in [-0.1, -0.05) is 31.0 Å². The average molecular weight is 563 g/mol. The second kappa shape index (κ2) is 19.8. The van der Waals surface area contributed by atoms with Crippen molar-refractivity contribution in [2.24, 2.45) is 0 Å². The summed E-state index contributed by atoms with van der Waals surface area (Å²) < 4.78 is 4.59. The molecule has 0 aliphatic rings. The lowest BCUT2D eigenvalue weighted by atomic mass is 10.2. The number of carbonyl (C=O) groups is 2. The van der Waals surface area contributed by atoms with Crippen LogP contribution in [0, 0.1) is 0 Å². The molecule has 4 aromatic rings. The number of benzene rings is 2. The quantitative estimate of drug-likeness (QED) is 0.193. The molecule has 0 aliphatic heterocycles. The number of H-pyrrole nitrogens is 2. The van der Waals surface area contributed by atoms with Gasteiger partial charge >= 0.3 is 11.9 Å². The molecule has 0 saturated carbocycles. The topological polar surface area (TPSA) is 121 Å². The Balaban J connectivity index is 0.000000323. The number of methoxy groups -OCH3 is 1. The number of hydrogen-bond donors (Lipinski definition) is 3. The largest absolute Gasteiger partial charge is 0.478 e. The van der Waals surface area contributed by atoms with Crippen molar-refractivity contribution in [3.8, 4) is 0 Å². The van der Waals surface area contributed by atoms with E-state index in [0.29, 0.717) is 5.56 Å². The molecule has 0 bridgehead atoms. The zero-order chi connectivity index (χ0) is 30.4. The van der Waals surface area contributed by atoms with Gasteiger partial charge < -0.3 is 9.84 Å². The van der Waals surface area contributed by atoms with Gasteiger partial charge in [-0.15, -0.1) is 0 Å². The molecule has 0 atom stereocenters. The molecule has 4 rings (SSSR count). The maximum Gasteiger partial charge on any atom is 0.337 e. The van der Waals surface area contributed by atoms with E-state index in [4.69, 9.17) is 5.11 Å². The molecule has 206 valence electrons. The SMILES string of the molecule is C.C=C=C=C=C=C=C=C=C=C=C=C=C=C=C=C=C.COC(=O)c1ccc2cn[nH]c2c1.O=C(O)c1ccc2cn[nH]c2c1. The summed E-state index contributed by atoms with van der Waals surface area (Å²) in [5, 5.41) is 23.7. The molecule has 0 amide bonds. The van der Waals surface area contributed by atoms with Crippen molar-refractivity contribution in [3.63, 3.8) is 0 Å². The van der Waals surface area contributed by atoms with E-state index in [9.17, 15) is 9.59 Å². The molecule has 0 aliphatic carbocycles. The minimum Gasteiger partial charge on any atom is -0.478 e. The van der Waals surface area contributed by atoms with Crippen molar-refractivity contribution in [1.29, 1.82) is 0 Å². The molecule has 2 heterocycles. The summed E-state index contributed by atoms with van der Waals surface area (Å²) in [7, 11) is 1.36. The number of nitrogens with zero attached hydrogens (tertiary/aromatic N) is 2. The first kappa shape index (κ1) is 33.8. The Morgan fingerprint density at radius 1 is 0.674 bits per heavy atom. The minimum atomic E-state index is -0.925. The van der Waals surface area contributed by atoms with Crippen molar-refractivity contribution >= 4 is 33.7 Å². The van der Waals surface area contributed by atoms with Gasteiger partial charge in [-0.3, -0.25) is 10.2 Å². The number of aromatic nitrogens is 4.